The van der Waals surface area contributed by atoms with Gasteiger partial charge in [0.2, 0.25) is 0 Å². The Labute approximate surface area is 138 Å². The van der Waals surface area contributed by atoms with Gasteiger partial charge in [-0.05, 0) is 95.8 Å². The summed E-state index contributed by atoms with van der Waals surface area (Å²) in [5, 5.41) is -0.249. The SMILES string of the molecule is Cc1cc(C)c(C)c(C(Cl)c2ccc(F)cc2I)c1C. The number of rotatable bonds is 2. The zero-order chi connectivity index (χ0) is 15.0. The third-order valence-electron chi connectivity index (χ3n) is 3.91. The zero-order valence-electron chi connectivity index (χ0n) is 12.0. The van der Waals surface area contributed by atoms with E-state index >= 15 is 0 Å². The molecule has 106 valence electrons. The quantitative estimate of drug-likeness (QED) is 0.427. The monoisotopic (exact) mass is 402 g/mol. The lowest BCUT2D eigenvalue weighted by Gasteiger charge is -2.21. The minimum atomic E-state index is -0.249. The van der Waals surface area contributed by atoms with Crippen molar-refractivity contribution >= 4 is 34.2 Å². The van der Waals surface area contributed by atoms with Crippen molar-refractivity contribution in [1.82, 2.24) is 0 Å². The topological polar surface area (TPSA) is 0 Å². The first kappa shape index (κ1) is 15.8. The number of hydrogen-bond donors (Lipinski definition) is 0. The maximum absolute atomic E-state index is 13.3. The van der Waals surface area contributed by atoms with Gasteiger partial charge in [-0.15, -0.1) is 11.6 Å². The predicted octanol–water partition coefficient (Wildman–Crippen LogP) is 5.99. The van der Waals surface area contributed by atoms with Crippen molar-refractivity contribution in [3.63, 3.8) is 0 Å². The number of hydrogen-bond acceptors (Lipinski definition) is 0. The minimum absolute atomic E-state index is 0.226. The number of halogens is 3. The van der Waals surface area contributed by atoms with E-state index in [4.69, 9.17) is 11.6 Å². The smallest absolute Gasteiger partial charge is 0.124 e. The standard InChI is InChI=1S/C17H17ClFI/c1-9-7-10(2)12(4)16(11(9)3)17(18)14-6-5-13(19)8-15(14)20/h5-8,17H,1-4H3. The van der Waals surface area contributed by atoms with E-state index in [9.17, 15) is 4.39 Å². The second kappa shape index (κ2) is 6.02. The fraction of sp³-hybridized carbons (Fsp3) is 0.294. The first-order valence-corrected chi connectivity index (χ1v) is 8.00. The molecule has 0 radical (unpaired) electrons. The Kier molecular flexibility index (Phi) is 4.75. The van der Waals surface area contributed by atoms with Crippen LogP contribution in [0.5, 0.6) is 0 Å². The molecule has 0 nitrogen and oxygen atoms in total. The molecule has 2 rings (SSSR count). The Morgan fingerprint density at radius 1 is 1.00 bits per heavy atom. The highest BCUT2D eigenvalue weighted by Crippen LogP contribution is 2.37. The Morgan fingerprint density at radius 3 is 2.05 bits per heavy atom. The first-order chi connectivity index (χ1) is 9.32. The molecule has 1 unspecified atom stereocenters. The lowest BCUT2D eigenvalue weighted by atomic mass is 9.90. The molecule has 0 saturated heterocycles. The molecule has 0 fully saturated rings. The summed E-state index contributed by atoms with van der Waals surface area (Å²) in [6.07, 6.45) is 0. The van der Waals surface area contributed by atoms with Crippen molar-refractivity contribution < 1.29 is 4.39 Å². The van der Waals surface area contributed by atoms with Gasteiger partial charge in [0.25, 0.3) is 0 Å². The average molecular weight is 403 g/mol. The molecular formula is C17H17ClFI. The lowest BCUT2D eigenvalue weighted by molar-refractivity contribution is 0.626. The van der Waals surface area contributed by atoms with Gasteiger partial charge in [0.15, 0.2) is 0 Å². The second-order valence-corrected chi connectivity index (χ2v) is 6.80. The molecule has 3 heteroatoms. The van der Waals surface area contributed by atoms with Crippen LogP contribution in [0.1, 0.15) is 38.8 Å². The lowest BCUT2D eigenvalue weighted by Crippen LogP contribution is -2.05. The summed E-state index contributed by atoms with van der Waals surface area (Å²) in [5.41, 5.74) is 7.02. The Bertz CT molecular complexity index is 638. The average Bonchev–Trinajstić information content (AvgIpc) is 2.36. The molecule has 0 spiro atoms. The van der Waals surface area contributed by atoms with Gasteiger partial charge in [0.1, 0.15) is 5.82 Å². The van der Waals surface area contributed by atoms with E-state index in [2.05, 4.69) is 56.4 Å². The molecule has 0 aliphatic rings. The third kappa shape index (κ3) is 2.86. The van der Waals surface area contributed by atoms with Crippen LogP contribution in [0.25, 0.3) is 0 Å². The predicted molar refractivity (Wildman–Crippen MR) is 92.2 cm³/mol. The normalized spacial score (nSPS) is 12.6. The van der Waals surface area contributed by atoms with Crippen molar-refractivity contribution in [1.29, 1.82) is 0 Å². The third-order valence-corrected chi connectivity index (χ3v) is 5.30. The Hall–Kier alpha value is -0.610. The summed E-state index contributed by atoms with van der Waals surface area (Å²) in [7, 11) is 0. The summed E-state index contributed by atoms with van der Waals surface area (Å²) in [6, 6.07) is 6.97. The molecule has 2 aromatic rings. The fourth-order valence-corrected chi connectivity index (χ4v) is 3.98. The summed E-state index contributed by atoms with van der Waals surface area (Å²) in [6.45, 7) is 8.40. The van der Waals surface area contributed by atoms with Gasteiger partial charge in [-0.3, -0.25) is 0 Å². The van der Waals surface area contributed by atoms with Crippen LogP contribution in [0.4, 0.5) is 4.39 Å². The summed E-state index contributed by atoms with van der Waals surface area (Å²) < 4.78 is 14.1. The van der Waals surface area contributed by atoms with Gasteiger partial charge >= 0.3 is 0 Å². The van der Waals surface area contributed by atoms with Crippen molar-refractivity contribution in [3.05, 3.63) is 67.0 Å². The van der Waals surface area contributed by atoms with E-state index in [1.165, 1.54) is 34.4 Å². The van der Waals surface area contributed by atoms with Crippen LogP contribution in [0.3, 0.4) is 0 Å². The van der Waals surface area contributed by atoms with E-state index < -0.39 is 0 Å². The molecule has 0 saturated carbocycles. The van der Waals surface area contributed by atoms with E-state index in [1.54, 1.807) is 6.07 Å². The molecule has 1 atom stereocenters. The molecule has 0 amide bonds. The van der Waals surface area contributed by atoms with Crippen LogP contribution < -0.4 is 0 Å². The maximum atomic E-state index is 13.3. The second-order valence-electron chi connectivity index (χ2n) is 5.20. The van der Waals surface area contributed by atoms with Gasteiger partial charge < -0.3 is 0 Å². The molecule has 0 heterocycles. The molecule has 0 aromatic heterocycles. The molecule has 2 aromatic carbocycles. The van der Waals surface area contributed by atoms with E-state index in [-0.39, 0.29) is 11.2 Å². The molecule has 20 heavy (non-hydrogen) atoms. The van der Waals surface area contributed by atoms with E-state index in [1.807, 2.05) is 0 Å². The fourth-order valence-electron chi connectivity index (χ4n) is 2.49. The highest BCUT2D eigenvalue weighted by molar-refractivity contribution is 14.1. The first-order valence-electron chi connectivity index (χ1n) is 6.49. The number of benzene rings is 2. The molecule has 0 aliphatic carbocycles. The molecule has 0 aliphatic heterocycles. The highest BCUT2D eigenvalue weighted by atomic mass is 127. The molecular weight excluding hydrogens is 386 g/mol. The highest BCUT2D eigenvalue weighted by Gasteiger charge is 2.20. The van der Waals surface area contributed by atoms with E-state index in [0.29, 0.717) is 0 Å². The van der Waals surface area contributed by atoms with Crippen LogP contribution in [0.2, 0.25) is 0 Å². The largest absolute Gasteiger partial charge is 0.207 e. The van der Waals surface area contributed by atoms with Crippen LogP contribution in [-0.4, -0.2) is 0 Å². The van der Waals surface area contributed by atoms with Crippen LogP contribution in [0, 0.1) is 37.1 Å². The zero-order valence-corrected chi connectivity index (χ0v) is 14.9. The van der Waals surface area contributed by atoms with Crippen LogP contribution in [0.15, 0.2) is 24.3 Å². The Morgan fingerprint density at radius 2 is 1.55 bits per heavy atom. The van der Waals surface area contributed by atoms with Gasteiger partial charge in [-0.25, -0.2) is 4.39 Å². The summed E-state index contributed by atoms with van der Waals surface area (Å²) in [5.74, 6) is -0.226. The molecule has 0 bridgehead atoms. The van der Waals surface area contributed by atoms with Crippen molar-refractivity contribution in [2.24, 2.45) is 0 Å². The van der Waals surface area contributed by atoms with Gasteiger partial charge in [-0.2, -0.15) is 0 Å². The van der Waals surface area contributed by atoms with Gasteiger partial charge in [-0.1, -0.05) is 12.1 Å². The van der Waals surface area contributed by atoms with Crippen LogP contribution in [-0.2, 0) is 0 Å². The summed E-state index contributed by atoms with van der Waals surface area (Å²) >= 11 is 8.86. The number of aryl methyl sites for hydroxylation is 2. The minimum Gasteiger partial charge on any atom is -0.207 e. The summed E-state index contributed by atoms with van der Waals surface area (Å²) in [4.78, 5) is 0. The van der Waals surface area contributed by atoms with Crippen LogP contribution >= 0.6 is 34.2 Å². The number of alkyl halides is 1. The van der Waals surface area contributed by atoms with Gasteiger partial charge in [0, 0.05) is 3.57 Å². The van der Waals surface area contributed by atoms with Crippen molar-refractivity contribution in [2.75, 3.05) is 0 Å². The van der Waals surface area contributed by atoms with Crippen molar-refractivity contribution in [3.8, 4) is 0 Å². The van der Waals surface area contributed by atoms with Gasteiger partial charge in [0.05, 0.1) is 5.38 Å². The van der Waals surface area contributed by atoms with E-state index in [0.717, 1.165) is 14.7 Å². The Balaban J connectivity index is 2.62. The maximum Gasteiger partial charge on any atom is 0.124 e. The molecule has 0 N–H and O–H groups in total. The van der Waals surface area contributed by atoms with Crippen molar-refractivity contribution in [2.45, 2.75) is 33.1 Å².